The van der Waals surface area contributed by atoms with E-state index < -0.39 is 0 Å². The molecule has 0 aliphatic heterocycles. The summed E-state index contributed by atoms with van der Waals surface area (Å²) in [7, 11) is 1.82. The van der Waals surface area contributed by atoms with Gasteiger partial charge in [-0.15, -0.1) is 0 Å². The second-order valence-electron chi connectivity index (χ2n) is 7.56. The number of benzene rings is 2. The normalized spacial score (nSPS) is 10.8. The van der Waals surface area contributed by atoms with Crippen LogP contribution in [0.2, 0.25) is 0 Å². The average Bonchev–Trinajstić information content (AvgIpc) is 2.96. The number of para-hydroxylation sites is 1. The Kier molecular flexibility index (Phi) is 6.37. The number of carbonyl (C=O) groups excluding carboxylic acids is 1. The molecule has 1 amide bonds. The van der Waals surface area contributed by atoms with E-state index in [2.05, 4.69) is 25.0 Å². The molecule has 0 N–H and O–H groups in total. The summed E-state index contributed by atoms with van der Waals surface area (Å²) in [5.41, 5.74) is 6.22. The molecule has 0 fully saturated rings. The van der Waals surface area contributed by atoms with E-state index in [4.69, 9.17) is 4.74 Å². The van der Waals surface area contributed by atoms with E-state index in [1.807, 2.05) is 68.0 Å². The summed E-state index contributed by atoms with van der Waals surface area (Å²) in [6, 6.07) is 16.1. The van der Waals surface area contributed by atoms with E-state index >= 15 is 0 Å². The lowest BCUT2D eigenvalue weighted by Crippen LogP contribution is -2.32. The van der Waals surface area contributed by atoms with Crippen LogP contribution in [0.5, 0.6) is 5.75 Å². The molecule has 0 saturated carbocycles. The second kappa shape index (κ2) is 8.95. The van der Waals surface area contributed by atoms with Gasteiger partial charge in [0.2, 0.25) is 5.91 Å². The first-order chi connectivity index (χ1) is 13.8. The standard InChI is InChI=1S/C24H29N3O2/c1-17-13-18(2)15-22(14-17)29-12-11-26(5)24(28)16-23-19(3)25-27(20(23)4)21-9-7-6-8-10-21/h6-10,13-15H,11-12,16H2,1-5H3. The molecule has 0 aliphatic rings. The molecule has 2 aromatic carbocycles. The highest BCUT2D eigenvalue weighted by Crippen LogP contribution is 2.19. The lowest BCUT2D eigenvalue weighted by atomic mass is 10.1. The van der Waals surface area contributed by atoms with Crippen LogP contribution in [-0.4, -0.2) is 40.8 Å². The fourth-order valence-corrected chi connectivity index (χ4v) is 3.48. The summed E-state index contributed by atoms with van der Waals surface area (Å²) in [6.07, 6.45) is 0.338. The molecule has 0 atom stereocenters. The third kappa shape index (κ3) is 5.05. The molecule has 0 saturated heterocycles. The quantitative estimate of drug-likeness (QED) is 0.607. The zero-order chi connectivity index (χ0) is 21.0. The Morgan fingerprint density at radius 1 is 1.03 bits per heavy atom. The smallest absolute Gasteiger partial charge is 0.226 e. The summed E-state index contributed by atoms with van der Waals surface area (Å²) >= 11 is 0. The topological polar surface area (TPSA) is 47.4 Å². The van der Waals surface area contributed by atoms with E-state index in [0.717, 1.165) is 28.4 Å². The van der Waals surface area contributed by atoms with E-state index in [1.54, 1.807) is 4.90 Å². The molecule has 152 valence electrons. The Bertz CT molecular complexity index is 973. The minimum Gasteiger partial charge on any atom is -0.492 e. The minimum absolute atomic E-state index is 0.0628. The first-order valence-corrected chi connectivity index (χ1v) is 9.90. The maximum atomic E-state index is 12.7. The Balaban J connectivity index is 1.60. The molecule has 1 aromatic heterocycles. The van der Waals surface area contributed by atoms with Crippen LogP contribution in [0.4, 0.5) is 0 Å². The van der Waals surface area contributed by atoms with Gasteiger partial charge >= 0.3 is 0 Å². The van der Waals surface area contributed by atoms with Crippen molar-refractivity contribution >= 4 is 5.91 Å². The number of aromatic nitrogens is 2. The fraction of sp³-hybridized carbons (Fsp3) is 0.333. The number of rotatable bonds is 7. The molecule has 29 heavy (non-hydrogen) atoms. The zero-order valence-corrected chi connectivity index (χ0v) is 17.9. The number of likely N-dealkylation sites (N-methyl/N-ethyl adjacent to an activating group) is 1. The summed E-state index contributed by atoms with van der Waals surface area (Å²) in [5.74, 6) is 0.909. The van der Waals surface area contributed by atoms with Gasteiger partial charge in [-0.25, -0.2) is 4.68 Å². The van der Waals surface area contributed by atoms with Gasteiger partial charge in [0.25, 0.3) is 0 Å². The van der Waals surface area contributed by atoms with Gasteiger partial charge in [-0.2, -0.15) is 5.10 Å². The maximum Gasteiger partial charge on any atom is 0.226 e. The van der Waals surface area contributed by atoms with Gasteiger partial charge in [-0.3, -0.25) is 4.79 Å². The van der Waals surface area contributed by atoms with Crippen molar-refractivity contribution in [2.24, 2.45) is 0 Å². The van der Waals surface area contributed by atoms with Crippen molar-refractivity contribution in [1.82, 2.24) is 14.7 Å². The van der Waals surface area contributed by atoms with Crippen LogP contribution in [0.15, 0.2) is 48.5 Å². The third-order valence-electron chi connectivity index (χ3n) is 5.09. The van der Waals surface area contributed by atoms with Crippen molar-refractivity contribution in [1.29, 1.82) is 0 Å². The van der Waals surface area contributed by atoms with Crippen LogP contribution in [0.1, 0.15) is 28.1 Å². The lowest BCUT2D eigenvalue weighted by Gasteiger charge is -2.18. The lowest BCUT2D eigenvalue weighted by molar-refractivity contribution is -0.129. The molecular formula is C24H29N3O2. The molecule has 3 rings (SSSR count). The van der Waals surface area contributed by atoms with E-state index in [-0.39, 0.29) is 5.91 Å². The average molecular weight is 392 g/mol. The summed E-state index contributed by atoms with van der Waals surface area (Å²) in [5, 5.41) is 4.63. The number of ether oxygens (including phenoxy) is 1. The molecule has 0 aliphatic carbocycles. The third-order valence-corrected chi connectivity index (χ3v) is 5.09. The second-order valence-corrected chi connectivity index (χ2v) is 7.56. The Labute approximate surface area is 172 Å². The summed E-state index contributed by atoms with van der Waals surface area (Å²) < 4.78 is 7.74. The fourth-order valence-electron chi connectivity index (χ4n) is 3.48. The first-order valence-electron chi connectivity index (χ1n) is 9.90. The summed E-state index contributed by atoms with van der Waals surface area (Å²) in [6.45, 7) is 9.08. The van der Waals surface area contributed by atoms with E-state index in [1.165, 1.54) is 11.1 Å². The predicted molar refractivity (Wildman–Crippen MR) is 116 cm³/mol. The monoisotopic (exact) mass is 391 g/mol. The molecule has 5 heteroatoms. The number of aryl methyl sites for hydroxylation is 3. The van der Waals surface area contributed by atoms with Crippen LogP contribution < -0.4 is 4.74 Å². The highest BCUT2D eigenvalue weighted by Gasteiger charge is 2.18. The zero-order valence-electron chi connectivity index (χ0n) is 17.9. The highest BCUT2D eigenvalue weighted by atomic mass is 16.5. The molecular weight excluding hydrogens is 362 g/mol. The molecule has 5 nitrogen and oxygen atoms in total. The minimum atomic E-state index is 0.0628. The summed E-state index contributed by atoms with van der Waals surface area (Å²) in [4.78, 5) is 14.5. The first kappa shape index (κ1) is 20.6. The van der Waals surface area contributed by atoms with Gasteiger partial charge in [-0.05, 0) is 63.1 Å². The van der Waals surface area contributed by atoms with Crippen LogP contribution in [0, 0.1) is 27.7 Å². The molecule has 3 aromatic rings. The number of nitrogens with zero attached hydrogens (tertiary/aromatic N) is 3. The van der Waals surface area contributed by atoms with Gasteiger partial charge in [0, 0.05) is 18.3 Å². The van der Waals surface area contributed by atoms with Crippen LogP contribution in [-0.2, 0) is 11.2 Å². The predicted octanol–water partition coefficient (Wildman–Crippen LogP) is 4.19. The number of carbonyl (C=O) groups is 1. The highest BCUT2D eigenvalue weighted by molar-refractivity contribution is 5.79. The van der Waals surface area contributed by atoms with Gasteiger partial charge in [0.1, 0.15) is 12.4 Å². The van der Waals surface area contributed by atoms with Crippen molar-refractivity contribution < 1.29 is 9.53 Å². The van der Waals surface area contributed by atoms with Gasteiger partial charge in [-0.1, -0.05) is 24.3 Å². The van der Waals surface area contributed by atoms with Crippen molar-refractivity contribution in [3.05, 3.63) is 76.6 Å². The SMILES string of the molecule is Cc1cc(C)cc(OCCN(C)C(=O)Cc2c(C)nn(-c3ccccc3)c2C)c1. The Morgan fingerprint density at radius 2 is 1.69 bits per heavy atom. The van der Waals surface area contributed by atoms with E-state index in [9.17, 15) is 4.79 Å². The Morgan fingerprint density at radius 3 is 2.34 bits per heavy atom. The van der Waals surface area contributed by atoms with Crippen molar-refractivity contribution in [2.75, 3.05) is 20.2 Å². The van der Waals surface area contributed by atoms with Crippen molar-refractivity contribution in [3.63, 3.8) is 0 Å². The van der Waals surface area contributed by atoms with Crippen LogP contribution >= 0.6 is 0 Å². The largest absolute Gasteiger partial charge is 0.492 e. The van der Waals surface area contributed by atoms with Crippen LogP contribution in [0.3, 0.4) is 0 Å². The van der Waals surface area contributed by atoms with E-state index in [0.29, 0.717) is 19.6 Å². The van der Waals surface area contributed by atoms with Crippen molar-refractivity contribution in [3.8, 4) is 11.4 Å². The van der Waals surface area contributed by atoms with Crippen LogP contribution in [0.25, 0.3) is 5.69 Å². The molecule has 0 radical (unpaired) electrons. The Hall–Kier alpha value is -3.08. The maximum absolute atomic E-state index is 12.7. The van der Waals surface area contributed by atoms with Gasteiger partial charge < -0.3 is 9.64 Å². The van der Waals surface area contributed by atoms with Gasteiger partial charge in [0.05, 0.1) is 24.3 Å². The van der Waals surface area contributed by atoms with Crippen molar-refractivity contribution in [2.45, 2.75) is 34.1 Å². The number of hydrogen-bond acceptors (Lipinski definition) is 3. The number of amides is 1. The molecule has 0 spiro atoms. The number of hydrogen-bond donors (Lipinski definition) is 0. The molecule has 1 heterocycles. The molecule has 0 bridgehead atoms. The molecule has 0 unspecified atom stereocenters. The van der Waals surface area contributed by atoms with Gasteiger partial charge in [0.15, 0.2) is 0 Å².